The van der Waals surface area contributed by atoms with Gasteiger partial charge in [-0.25, -0.2) is 4.98 Å². The van der Waals surface area contributed by atoms with Crippen LogP contribution in [0.25, 0.3) is 10.9 Å². The van der Waals surface area contributed by atoms with E-state index in [4.69, 9.17) is 4.74 Å². The number of alkyl halides is 3. The van der Waals surface area contributed by atoms with Crippen molar-refractivity contribution in [2.75, 3.05) is 7.11 Å². The molecule has 1 aliphatic rings. The summed E-state index contributed by atoms with van der Waals surface area (Å²) >= 11 is 0. The van der Waals surface area contributed by atoms with Crippen LogP contribution >= 0.6 is 0 Å². The molecule has 3 aromatic rings. The second kappa shape index (κ2) is 7.25. The van der Waals surface area contributed by atoms with Gasteiger partial charge in [0.25, 0.3) is 0 Å². The third-order valence-corrected chi connectivity index (χ3v) is 6.15. The molecule has 0 amide bonds. The van der Waals surface area contributed by atoms with Crippen LogP contribution in [0, 0.1) is 5.92 Å². The third kappa shape index (κ3) is 3.63. The SMILES string of the molecule is COc1ccc2cc(C3(c4ccc(O)cc4)CCC(C(F)(F)F)CC3)ccc2n1. The zero-order valence-corrected chi connectivity index (χ0v) is 16.0. The molecule has 0 aliphatic heterocycles. The van der Waals surface area contributed by atoms with E-state index in [0.717, 1.165) is 22.0 Å². The number of aromatic nitrogens is 1. The number of phenols is 1. The average Bonchev–Trinajstić information content (AvgIpc) is 2.73. The lowest BCUT2D eigenvalue weighted by molar-refractivity contribution is -0.184. The Morgan fingerprint density at radius 3 is 2.24 bits per heavy atom. The van der Waals surface area contributed by atoms with Crippen LogP contribution in [-0.2, 0) is 5.41 Å². The lowest BCUT2D eigenvalue weighted by Gasteiger charge is -2.42. The average molecular weight is 401 g/mol. The Labute approximate surface area is 167 Å². The highest BCUT2D eigenvalue weighted by atomic mass is 19.4. The Hall–Kier alpha value is -2.76. The van der Waals surface area contributed by atoms with Gasteiger partial charge in [-0.1, -0.05) is 18.2 Å². The molecule has 0 unspecified atom stereocenters. The van der Waals surface area contributed by atoms with Gasteiger partial charge in [-0.2, -0.15) is 13.2 Å². The first-order valence-corrected chi connectivity index (χ1v) is 9.63. The van der Waals surface area contributed by atoms with Crippen LogP contribution in [0.5, 0.6) is 11.6 Å². The molecular weight excluding hydrogens is 379 g/mol. The highest BCUT2D eigenvalue weighted by molar-refractivity contribution is 5.80. The topological polar surface area (TPSA) is 42.4 Å². The molecule has 152 valence electrons. The smallest absolute Gasteiger partial charge is 0.391 e. The molecule has 0 atom stereocenters. The molecule has 1 saturated carbocycles. The van der Waals surface area contributed by atoms with E-state index in [1.807, 2.05) is 36.4 Å². The van der Waals surface area contributed by atoms with Gasteiger partial charge < -0.3 is 9.84 Å². The van der Waals surface area contributed by atoms with Crippen LogP contribution in [0.2, 0.25) is 0 Å². The Kier molecular flexibility index (Phi) is 4.89. The lowest BCUT2D eigenvalue weighted by atomic mass is 9.63. The minimum Gasteiger partial charge on any atom is -0.508 e. The number of methoxy groups -OCH3 is 1. The van der Waals surface area contributed by atoms with Crippen molar-refractivity contribution in [2.24, 2.45) is 5.92 Å². The molecule has 1 N–H and O–H groups in total. The van der Waals surface area contributed by atoms with Crippen LogP contribution in [0.4, 0.5) is 13.2 Å². The summed E-state index contributed by atoms with van der Waals surface area (Å²) in [7, 11) is 1.56. The maximum Gasteiger partial charge on any atom is 0.391 e. The van der Waals surface area contributed by atoms with Gasteiger partial charge in [0.1, 0.15) is 5.75 Å². The van der Waals surface area contributed by atoms with E-state index in [1.54, 1.807) is 25.3 Å². The molecule has 1 aliphatic carbocycles. The van der Waals surface area contributed by atoms with Gasteiger partial charge in [0.2, 0.25) is 5.88 Å². The van der Waals surface area contributed by atoms with Crippen LogP contribution in [-0.4, -0.2) is 23.4 Å². The maximum atomic E-state index is 13.3. The van der Waals surface area contributed by atoms with Crippen molar-refractivity contribution in [1.29, 1.82) is 0 Å². The molecule has 0 bridgehead atoms. The van der Waals surface area contributed by atoms with Crippen molar-refractivity contribution in [2.45, 2.75) is 37.3 Å². The molecule has 3 nitrogen and oxygen atoms in total. The Morgan fingerprint density at radius 2 is 1.62 bits per heavy atom. The molecule has 1 aromatic heterocycles. The number of ether oxygens (including phenoxy) is 1. The van der Waals surface area contributed by atoms with Crippen molar-refractivity contribution in [3.63, 3.8) is 0 Å². The molecule has 0 radical (unpaired) electrons. The molecule has 0 spiro atoms. The number of fused-ring (bicyclic) bond motifs is 1. The number of aromatic hydroxyl groups is 1. The zero-order chi connectivity index (χ0) is 20.6. The van der Waals surface area contributed by atoms with Gasteiger partial charge in [0.05, 0.1) is 18.5 Å². The number of halogens is 3. The maximum absolute atomic E-state index is 13.3. The number of rotatable bonds is 3. The van der Waals surface area contributed by atoms with Crippen molar-refractivity contribution in [3.8, 4) is 11.6 Å². The lowest BCUT2D eigenvalue weighted by Crippen LogP contribution is -2.37. The first-order chi connectivity index (χ1) is 13.8. The number of hydrogen-bond acceptors (Lipinski definition) is 3. The van der Waals surface area contributed by atoms with Crippen molar-refractivity contribution < 1.29 is 23.0 Å². The normalized spacial score (nSPS) is 22.6. The highest BCUT2D eigenvalue weighted by Gasteiger charge is 2.47. The van der Waals surface area contributed by atoms with Gasteiger partial charge in [-0.15, -0.1) is 0 Å². The van der Waals surface area contributed by atoms with Crippen molar-refractivity contribution in [1.82, 2.24) is 4.98 Å². The van der Waals surface area contributed by atoms with Gasteiger partial charge >= 0.3 is 6.18 Å². The van der Waals surface area contributed by atoms with E-state index < -0.39 is 17.5 Å². The minimum absolute atomic E-state index is 0.0866. The second-order valence-corrected chi connectivity index (χ2v) is 7.71. The largest absolute Gasteiger partial charge is 0.508 e. The summed E-state index contributed by atoms with van der Waals surface area (Å²) in [6, 6.07) is 16.4. The highest BCUT2D eigenvalue weighted by Crippen LogP contribution is 2.50. The number of nitrogens with zero attached hydrogens (tertiary/aromatic N) is 1. The summed E-state index contributed by atoms with van der Waals surface area (Å²) in [5.41, 5.74) is 2.15. The van der Waals surface area contributed by atoms with Crippen molar-refractivity contribution >= 4 is 10.9 Å². The fourth-order valence-electron chi connectivity index (χ4n) is 4.48. The van der Waals surface area contributed by atoms with Crippen LogP contribution in [0.1, 0.15) is 36.8 Å². The summed E-state index contributed by atoms with van der Waals surface area (Å²) in [4.78, 5) is 4.43. The predicted molar refractivity (Wildman–Crippen MR) is 105 cm³/mol. The summed E-state index contributed by atoms with van der Waals surface area (Å²) in [6.07, 6.45) is -3.19. The van der Waals surface area contributed by atoms with Crippen LogP contribution in [0.3, 0.4) is 0 Å². The van der Waals surface area contributed by atoms with E-state index in [0.29, 0.717) is 18.7 Å². The quantitative estimate of drug-likeness (QED) is 0.586. The molecule has 29 heavy (non-hydrogen) atoms. The summed E-state index contributed by atoms with van der Waals surface area (Å²) in [5, 5.41) is 10.6. The monoisotopic (exact) mass is 401 g/mol. The fourth-order valence-corrected chi connectivity index (χ4v) is 4.48. The molecule has 1 fully saturated rings. The number of benzene rings is 2. The minimum atomic E-state index is -4.16. The summed E-state index contributed by atoms with van der Waals surface area (Å²) in [5.74, 6) is -0.606. The van der Waals surface area contributed by atoms with E-state index >= 15 is 0 Å². The van der Waals surface area contributed by atoms with E-state index in [9.17, 15) is 18.3 Å². The van der Waals surface area contributed by atoms with Crippen molar-refractivity contribution in [3.05, 3.63) is 65.7 Å². The Morgan fingerprint density at radius 1 is 0.966 bits per heavy atom. The standard InChI is InChI=1S/C23H22F3NO2/c1-29-21-9-2-15-14-18(5-8-20(15)27-21)22(16-3-6-19(28)7-4-16)12-10-17(11-13-22)23(24,25)26/h2-9,14,17,28H,10-13H2,1H3. The number of phenolic OH excluding ortho intramolecular Hbond substituents is 1. The molecule has 1 heterocycles. The molecule has 2 aromatic carbocycles. The summed E-state index contributed by atoms with van der Waals surface area (Å²) < 4.78 is 45.0. The first kappa shape index (κ1) is 19.6. The fraction of sp³-hybridized carbons (Fsp3) is 0.348. The zero-order valence-electron chi connectivity index (χ0n) is 16.0. The third-order valence-electron chi connectivity index (χ3n) is 6.15. The summed E-state index contributed by atoms with van der Waals surface area (Å²) in [6.45, 7) is 0. The Bertz CT molecular complexity index is 1010. The first-order valence-electron chi connectivity index (χ1n) is 9.63. The second-order valence-electron chi connectivity index (χ2n) is 7.71. The molecular formula is C23H22F3NO2. The van der Waals surface area contributed by atoms with Crippen LogP contribution in [0.15, 0.2) is 54.6 Å². The van der Waals surface area contributed by atoms with E-state index in [-0.39, 0.29) is 18.6 Å². The van der Waals surface area contributed by atoms with E-state index in [1.165, 1.54) is 0 Å². The number of pyridine rings is 1. The van der Waals surface area contributed by atoms with Gasteiger partial charge in [0, 0.05) is 16.9 Å². The number of hydrogen-bond donors (Lipinski definition) is 1. The molecule has 4 rings (SSSR count). The Balaban J connectivity index is 1.79. The predicted octanol–water partition coefficient (Wildman–Crippen LogP) is 5.99. The van der Waals surface area contributed by atoms with Gasteiger partial charge in [-0.05, 0) is 67.1 Å². The molecule has 6 heteroatoms. The van der Waals surface area contributed by atoms with Gasteiger partial charge in [0.15, 0.2) is 0 Å². The molecule has 0 saturated heterocycles. The van der Waals surface area contributed by atoms with E-state index in [2.05, 4.69) is 4.98 Å². The van der Waals surface area contributed by atoms with Crippen LogP contribution < -0.4 is 4.74 Å². The van der Waals surface area contributed by atoms with Gasteiger partial charge in [-0.3, -0.25) is 0 Å².